The monoisotopic (exact) mass is 617 g/mol. The Bertz CT molecular complexity index is 1450. The summed E-state index contributed by atoms with van der Waals surface area (Å²) < 4.78 is 16.4. The number of aliphatic hydroxyl groups is 1. The molecule has 2 heterocycles. The fourth-order valence-corrected chi connectivity index (χ4v) is 4.35. The Morgan fingerprint density at radius 2 is 1.81 bits per heavy atom. The molecule has 0 aromatic heterocycles. The maximum absolute atomic E-state index is 13.5. The SMILES string of the molecule is CNC(=O)[C@@H]1NC(=O)[C@H](CC#N)NC(=O)[C@H](NC(=O)OC(C)(C)C)[C@H](O)c2ccc(c(Cl)c2)Oc2cc1cc(O)c2OC. The van der Waals surface area contributed by atoms with Gasteiger partial charge in [0.15, 0.2) is 11.5 Å². The number of methoxy groups -OCH3 is 1. The van der Waals surface area contributed by atoms with Crippen LogP contribution in [0.5, 0.6) is 23.0 Å². The Balaban J connectivity index is 2.21. The van der Waals surface area contributed by atoms with E-state index < -0.39 is 65.8 Å². The number of amides is 4. The third-order valence-electron chi connectivity index (χ3n) is 6.11. The van der Waals surface area contributed by atoms with Crippen molar-refractivity contribution >= 4 is 35.4 Å². The van der Waals surface area contributed by atoms with Crippen molar-refractivity contribution in [1.29, 1.82) is 5.26 Å². The van der Waals surface area contributed by atoms with Gasteiger partial charge in [0.05, 0.1) is 24.6 Å². The number of ether oxygens (including phenoxy) is 3. The Morgan fingerprint density at radius 1 is 1.12 bits per heavy atom. The number of aliphatic hydroxyl groups excluding tert-OH is 1. The van der Waals surface area contributed by atoms with Gasteiger partial charge in [0.2, 0.25) is 23.5 Å². The van der Waals surface area contributed by atoms with Crippen LogP contribution in [-0.4, -0.2) is 65.9 Å². The highest BCUT2D eigenvalue weighted by atomic mass is 35.5. The number of rotatable bonds is 4. The van der Waals surface area contributed by atoms with Crippen LogP contribution in [0.15, 0.2) is 30.3 Å². The van der Waals surface area contributed by atoms with Crippen molar-refractivity contribution in [3.8, 4) is 29.1 Å². The van der Waals surface area contributed by atoms with Gasteiger partial charge >= 0.3 is 6.09 Å². The summed E-state index contributed by atoms with van der Waals surface area (Å²) in [6.07, 6.45) is -3.31. The second-order valence-electron chi connectivity index (χ2n) is 10.4. The number of hydrogen-bond acceptors (Lipinski definition) is 10. The summed E-state index contributed by atoms with van der Waals surface area (Å²) >= 11 is 6.46. The van der Waals surface area contributed by atoms with Crippen LogP contribution in [0.4, 0.5) is 4.79 Å². The molecule has 0 saturated heterocycles. The van der Waals surface area contributed by atoms with E-state index in [1.165, 1.54) is 44.5 Å². The minimum Gasteiger partial charge on any atom is -0.504 e. The van der Waals surface area contributed by atoms with Crippen molar-refractivity contribution in [3.05, 3.63) is 46.5 Å². The summed E-state index contributed by atoms with van der Waals surface area (Å²) in [6.45, 7) is 4.79. The Morgan fingerprint density at radius 3 is 2.40 bits per heavy atom. The molecule has 4 bridgehead atoms. The molecule has 2 aliphatic rings. The van der Waals surface area contributed by atoms with E-state index in [4.69, 9.17) is 25.8 Å². The molecule has 0 unspecified atom stereocenters. The zero-order chi connectivity index (χ0) is 32.1. The second-order valence-corrected chi connectivity index (χ2v) is 10.8. The van der Waals surface area contributed by atoms with Crippen LogP contribution in [0.1, 0.15) is 50.5 Å². The predicted octanol–water partition coefficient (Wildman–Crippen LogP) is 2.09. The summed E-state index contributed by atoms with van der Waals surface area (Å²) in [6, 6.07) is 3.62. The number of likely N-dealkylation sites (N-methyl/N-ethyl adjacent to an activating group) is 1. The predicted molar refractivity (Wildman–Crippen MR) is 151 cm³/mol. The minimum absolute atomic E-state index is 0.0365. The Labute approximate surface area is 252 Å². The number of nitrogens with zero attached hydrogens (tertiary/aromatic N) is 1. The van der Waals surface area contributed by atoms with E-state index in [0.717, 1.165) is 0 Å². The maximum atomic E-state index is 13.5. The molecule has 2 aliphatic heterocycles. The quantitative estimate of drug-likeness (QED) is 0.294. The van der Waals surface area contributed by atoms with Crippen LogP contribution in [-0.2, 0) is 19.1 Å². The van der Waals surface area contributed by atoms with E-state index >= 15 is 0 Å². The molecule has 0 spiro atoms. The lowest BCUT2D eigenvalue weighted by Gasteiger charge is -2.28. The standard InChI is InChI=1S/C28H32ClN5O9/c1-28(2,3)43-27(40)34-21-22(36)13-6-7-18(15(29)10-13)42-19-12-14(11-17(35)23(19)41-5)20(25(38)31-4)33-24(37)16(8-9-30)32-26(21)39/h6-7,10-12,16,20-22,35-36H,8H2,1-5H3,(H,31,38)(H,32,39)(H,33,37)(H,34,40)/t16-,20+,21+,22+/m0/s1. The number of phenols is 1. The number of halogens is 1. The van der Waals surface area contributed by atoms with Crippen molar-refractivity contribution < 1.29 is 43.6 Å². The van der Waals surface area contributed by atoms with Gasteiger partial charge in [-0.2, -0.15) is 5.26 Å². The van der Waals surface area contributed by atoms with Gasteiger partial charge < -0.3 is 45.7 Å². The first-order chi connectivity index (χ1) is 20.2. The molecular formula is C28H32ClN5O9. The molecule has 0 radical (unpaired) electrons. The molecule has 0 aliphatic carbocycles. The van der Waals surface area contributed by atoms with Crippen molar-refractivity contribution in [3.63, 3.8) is 0 Å². The Hall–Kier alpha value is -4.74. The number of alkyl carbamates (subject to hydrolysis) is 1. The molecule has 15 heteroatoms. The third kappa shape index (κ3) is 7.97. The molecule has 4 rings (SSSR count). The number of nitriles is 1. The van der Waals surface area contributed by atoms with Crippen molar-refractivity contribution in [1.82, 2.24) is 21.3 Å². The van der Waals surface area contributed by atoms with Gasteiger partial charge in [-0.25, -0.2) is 4.79 Å². The first-order valence-corrected chi connectivity index (χ1v) is 13.3. The first-order valence-electron chi connectivity index (χ1n) is 12.9. The fourth-order valence-electron chi connectivity index (χ4n) is 4.12. The number of carbonyl (C=O) groups excluding carboxylic acids is 4. The van der Waals surface area contributed by atoms with Crippen LogP contribution in [0.2, 0.25) is 5.02 Å². The lowest BCUT2D eigenvalue weighted by molar-refractivity contribution is -0.133. The highest BCUT2D eigenvalue weighted by molar-refractivity contribution is 6.32. The molecule has 6 N–H and O–H groups in total. The lowest BCUT2D eigenvalue weighted by atomic mass is 10.00. The zero-order valence-electron chi connectivity index (χ0n) is 24.0. The summed E-state index contributed by atoms with van der Waals surface area (Å²) in [5, 5.41) is 40.8. The van der Waals surface area contributed by atoms with Crippen LogP contribution in [0, 0.1) is 11.3 Å². The zero-order valence-corrected chi connectivity index (χ0v) is 24.7. The van der Waals surface area contributed by atoms with Gasteiger partial charge in [0.25, 0.3) is 0 Å². The molecule has 14 nitrogen and oxygen atoms in total. The van der Waals surface area contributed by atoms with Gasteiger partial charge in [0, 0.05) is 7.05 Å². The van der Waals surface area contributed by atoms with Crippen LogP contribution in [0.25, 0.3) is 0 Å². The molecule has 230 valence electrons. The topological polar surface area (TPSA) is 208 Å². The van der Waals surface area contributed by atoms with Crippen LogP contribution < -0.4 is 30.7 Å². The van der Waals surface area contributed by atoms with Gasteiger partial charge in [-0.1, -0.05) is 17.7 Å². The van der Waals surface area contributed by atoms with Crippen molar-refractivity contribution in [2.24, 2.45) is 0 Å². The number of benzene rings is 2. The van der Waals surface area contributed by atoms with E-state index in [0.29, 0.717) is 0 Å². The minimum atomic E-state index is -1.72. The van der Waals surface area contributed by atoms with Gasteiger partial charge in [-0.3, -0.25) is 14.4 Å². The molecule has 0 saturated carbocycles. The summed E-state index contributed by atoms with van der Waals surface area (Å²) in [5.41, 5.74) is -0.816. The smallest absolute Gasteiger partial charge is 0.408 e. The van der Waals surface area contributed by atoms with Gasteiger partial charge in [-0.05, 0) is 56.2 Å². The largest absolute Gasteiger partial charge is 0.504 e. The van der Waals surface area contributed by atoms with E-state index in [2.05, 4.69) is 21.3 Å². The van der Waals surface area contributed by atoms with E-state index in [1.54, 1.807) is 26.8 Å². The summed E-state index contributed by atoms with van der Waals surface area (Å²) in [4.78, 5) is 52.3. The lowest BCUT2D eigenvalue weighted by Crippen LogP contribution is -2.56. The summed E-state index contributed by atoms with van der Waals surface area (Å²) in [7, 11) is 2.60. The van der Waals surface area contributed by atoms with Crippen molar-refractivity contribution in [2.45, 2.75) is 57.0 Å². The second kappa shape index (κ2) is 13.5. The number of aromatic hydroxyl groups is 1. The fraction of sp³-hybridized carbons (Fsp3) is 0.393. The van der Waals surface area contributed by atoms with Crippen LogP contribution >= 0.6 is 11.6 Å². The number of phenolic OH excluding ortho intramolecular Hbond substituents is 1. The highest BCUT2D eigenvalue weighted by Gasteiger charge is 2.36. The molecule has 4 atom stereocenters. The first kappa shape index (κ1) is 32.8. The summed E-state index contributed by atoms with van der Waals surface area (Å²) in [5.74, 6) is -3.29. The van der Waals surface area contributed by atoms with Gasteiger partial charge in [0.1, 0.15) is 35.6 Å². The highest BCUT2D eigenvalue weighted by Crippen LogP contribution is 2.43. The normalized spacial score (nSPS) is 20.5. The van der Waals surface area contributed by atoms with E-state index in [-0.39, 0.29) is 33.4 Å². The Kier molecular flexibility index (Phi) is 10.3. The third-order valence-corrected chi connectivity index (χ3v) is 6.40. The van der Waals surface area contributed by atoms with E-state index in [9.17, 15) is 34.7 Å². The number of nitrogens with one attached hydrogen (secondary N) is 4. The number of fused-ring (bicyclic) bond motifs is 9. The number of hydrogen-bond donors (Lipinski definition) is 6. The molecule has 0 fully saturated rings. The van der Waals surface area contributed by atoms with Crippen molar-refractivity contribution in [2.75, 3.05) is 14.2 Å². The maximum Gasteiger partial charge on any atom is 0.408 e. The average Bonchev–Trinajstić information content (AvgIpc) is 2.92. The number of carbonyl (C=O) groups is 4. The molecular weight excluding hydrogens is 586 g/mol. The molecule has 4 amide bonds. The molecule has 2 aromatic carbocycles. The van der Waals surface area contributed by atoms with Gasteiger partial charge in [-0.15, -0.1) is 0 Å². The molecule has 2 aromatic rings. The van der Waals surface area contributed by atoms with E-state index in [1.807, 2.05) is 0 Å². The van der Waals surface area contributed by atoms with Crippen LogP contribution in [0.3, 0.4) is 0 Å². The molecule has 43 heavy (non-hydrogen) atoms. The average molecular weight is 618 g/mol.